The number of benzene rings is 2. The Kier molecular flexibility index (Phi) is 7.38. The highest BCUT2D eigenvalue weighted by molar-refractivity contribution is 7.88. The molecule has 2 N–H and O–H groups in total. The van der Waals surface area contributed by atoms with Crippen molar-refractivity contribution < 1.29 is 17.9 Å². The third-order valence-corrected chi connectivity index (χ3v) is 5.22. The molecule has 2 aromatic carbocycles. The summed E-state index contributed by atoms with van der Waals surface area (Å²) in [5.74, 6) is 0.363. The predicted molar refractivity (Wildman–Crippen MR) is 106 cm³/mol. The molecule has 0 aliphatic carbocycles. The van der Waals surface area contributed by atoms with Crippen molar-refractivity contribution in [1.82, 2.24) is 10.0 Å². The van der Waals surface area contributed by atoms with Crippen LogP contribution in [-0.4, -0.2) is 27.0 Å². The fraction of sp³-hybridized carbons (Fsp3) is 0.350. The van der Waals surface area contributed by atoms with Gasteiger partial charge < -0.3 is 10.1 Å². The van der Waals surface area contributed by atoms with Gasteiger partial charge in [-0.25, -0.2) is 13.1 Å². The van der Waals surface area contributed by atoms with Gasteiger partial charge in [0.1, 0.15) is 5.75 Å². The van der Waals surface area contributed by atoms with E-state index < -0.39 is 10.0 Å². The third-order valence-electron chi connectivity index (χ3n) is 3.68. The second-order valence-corrected chi connectivity index (χ2v) is 8.48. The molecule has 0 saturated carbocycles. The van der Waals surface area contributed by atoms with Crippen LogP contribution < -0.4 is 14.8 Å². The number of nitrogens with one attached hydrogen (secondary N) is 2. The Hall–Kier alpha value is -2.38. The zero-order valence-electron chi connectivity index (χ0n) is 15.9. The Morgan fingerprint density at radius 2 is 1.59 bits per heavy atom. The molecule has 146 valence electrons. The van der Waals surface area contributed by atoms with E-state index in [-0.39, 0.29) is 24.3 Å². The first-order valence-electron chi connectivity index (χ1n) is 8.77. The van der Waals surface area contributed by atoms with Crippen LogP contribution in [0.4, 0.5) is 0 Å². The molecule has 0 heterocycles. The van der Waals surface area contributed by atoms with Gasteiger partial charge in [-0.3, -0.25) is 4.79 Å². The molecule has 27 heavy (non-hydrogen) atoms. The number of sulfonamides is 1. The largest absolute Gasteiger partial charge is 0.484 e. The monoisotopic (exact) mass is 390 g/mol. The minimum Gasteiger partial charge on any atom is -0.484 e. The van der Waals surface area contributed by atoms with Crippen molar-refractivity contribution in [3.8, 4) is 5.75 Å². The lowest BCUT2D eigenvalue weighted by Crippen LogP contribution is -2.31. The summed E-state index contributed by atoms with van der Waals surface area (Å²) in [6.45, 7) is 5.85. The highest BCUT2D eigenvalue weighted by Gasteiger charge is 2.12. The number of carbonyl (C=O) groups excluding carboxylic acids is 1. The van der Waals surface area contributed by atoms with E-state index in [9.17, 15) is 13.2 Å². The van der Waals surface area contributed by atoms with Gasteiger partial charge in [0.05, 0.1) is 5.75 Å². The summed E-state index contributed by atoms with van der Waals surface area (Å²) in [5, 5.41) is 2.78. The number of ether oxygens (including phenoxy) is 1. The quantitative estimate of drug-likeness (QED) is 0.689. The lowest BCUT2D eigenvalue weighted by molar-refractivity contribution is -0.123. The zero-order valence-corrected chi connectivity index (χ0v) is 16.7. The first-order valence-corrected chi connectivity index (χ1v) is 10.4. The van der Waals surface area contributed by atoms with Crippen LogP contribution in [0.5, 0.6) is 5.75 Å². The van der Waals surface area contributed by atoms with E-state index in [1.165, 1.54) is 0 Å². The maximum Gasteiger partial charge on any atom is 0.258 e. The first kappa shape index (κ1) is 20.9. The van der Waals surface area contributed by atoms with E-state index in [0.29, 0.717) is 17.9 Å². The average Bonchev–Trinajstić information content (AvgIpc) is 2.59. The normalized spacial score (nSPS) is 11.4. The molecule has 0 saturated heterocycles. The number of hydrogen-bond acceptors (Lipinski definition) is 4. The molecule has 6 nitrogen and oxygen atoms in total. The lowest BCUT2D eigenvalue weighted by Gasteiger charge is -2.10. The van der Waals surface area contributed by atoms with Crippen LogP contribution in [0.15, 0.2) is 48.5 Å². The van der Waals surface area contributed by atoms with Crippen LogP contribution in [0.25, 0.3) is 0 Å². The molecule has 0 radical (unpaired) electrons. The van der Waals surface area contributed by atoms with E-state index in [1.54, 1.807) is 38.1 Å². The van der Waals surface area contributed by atoms with Crippen molar-refractivity contribution in [2.24, 2.45) is 0 Å². The smallest absolute Gasteiger partial charge is 0.258 e. The van der Waals surface area contributed by atoms with Crippen LogP contribution in [0, 0.1) is 6.92 Å². The first-order chi connectivity index (χ1) is 12.7. The van der Waals surface area contributed by atoms with E-state index >= 15 is 0 Å². The molecular weight excluding hydrogens is 364 g/mol. The van der Waals surface area contributed by atoms with Crippen molar-refractivity contribution in [2.75, 3.05) is 6.61 Å². The predicted octanol–water partition coefficient (Wildman–Crippen LogP) is 2.52. The Bertz CT molecular complexity index is 845. The summed E-state index contributed by atoms with van der Waals surface area (Å²) in [4.78, 5) is 11.9. The maximum absolute atomic E-state index is 11.9. The van der Waals surface area contributed by atoms with Crippen LogP contribution >= 0.6 is 0 Å². The Morgan fingerprint density at radius 3 is 2.19 bits per heavy atom. The number of carbonyl (C=O) groups is 1. The van der Waals surface area contributed by atoms with Gasteiger partial charge in [0.25, 0.3) is 5.91 Å². The Balaban J connectivity index is 1.79. The SMILES string of the molecule is Cc1ccc(OCC(=O)NCc2ccc(CS(=O)(=O)NC(C)C)cc2)cc1. The van der Waals surface area contributed by atoms with Crippen molar-refractivity contribution in [1.29, 1.82) is 0 Å². The second-order valence-electron chi connectivity index (χ2n) is 6.73. The summed E-state index contributed by atoms with van der Waals surface area (Å²) >= 11 is 0. The van der Waals surface area contributed by atoms with Gasteiger partial charge >= 0.3 is 0 Å². The maximum atomic E-state index is 11.9. The van der Waals surface area contributed by atoms with Gasteiger partial charge in [0.2, 0.25) is 10.0 Å². The molecular formula is C20H26N2O4S. The minimum atomic E-state index is -3.35. The van der Waals surface area contributed by atoms with Gasteiger partial charge in [-0.2, -0.15) is 0 Å². The average molecular weight is 391 g/mol. The molecule has 0 atom stereocenters. The van der Waals surface area contributed by atoms with Crippen LogP contribution in [-0.2, 0) is 27.1 Å². The summed E-state index contributed by atoms with van der Waals surface area (Å²) in [7, 11) is -3.35. The number of amides is 1. The third kappa shape index (κ3) is 7.80. The van der Waals surface area contributed by atoms with E-state index in [4.69, 9.17) is 4.74 Å². The van der Waals surface area contributed by atoms with Crippen molar-refractivity contribution in [3.05, 3.63) is 65.2 Å². The topological polar surface area (TPSA) is 84.5 Å². The lowest BCUT2D eigenvalue weighted by atomic mass is 10.1. The van der Waals surface area contributed by atoms with E-state index in [0.717, 1.165) is 11.1 Å². The van der Waals surface area contributed by atoms with Gasteiger partial charge in [-0.15, -0.1) is 0 Å². The van der Waals surface area contributed by atoms with Gasteiger partial charge in [0, 0.05) is 12.6 Å². The number of rotatable bonds is 9. The van der Waals surface area contributed by atoms with Crippen LogP contribution in [0.2, 0.25) is 0 Å². The zero-order chi connectivity index (χ0) is 19.9. The standard InChI is InChI=1S/C20H26N2O4S/c1-15(2)22-27(24,25)14-18-8-6-17(7-9-18)12-21-20(23)13-26-19-10-4-16(3)5-11-19/h4-11,15,22H,12-14H2,1-3H3,(H,21,23). The fourth-order valence-corrected chi connectivity index (χ4v) is 3.84. The second kappa shape index (κ2) is 9.53. The number of aryl methyl sites for hydroxylation is 1. The van der Waals surface area contributed by atoms with Gasteiger partial charge in [0.15, 0.2) is 6.61 Å². The van der Waals surface area contributed by atoms with E-state index in [1.807, 2.05) is 31.2 Å². The summed E-state index contributed by atoms with van der Waals surface area (Å²) in [6, 6.07) is 14.5. The molecule has 0 aliphatic rings. The summed E-state index contributed by atoms with van der Waals surface area (Å²) in [6.07, 6.45) is 0. The molecule has 0 fully saturated rings. The molecule has 0 spiro atoms. The molecule has 1 amide bonds. The minimum absolute atomic E-state index is 0.0553. The molecule has 2 aromatic rings. The van der Waals surface area contributed by atoms with Gasteiger partial charge in [-0.1, -0.05) is 42.0 Å². The fourth-order valence-electron chi connectivity index (χ4n) is 2.41. The van der Waals surface area contributed by atoms with Crippen molar-refractivity contribution >= 4 is 15.9 Å². The Labute approximate surface area is 161 Å². The van der Waals surface area contributed by atoms with E-state index in [2.05, 4.69) is 10.0 Å². The Morgan fingerprint density at radius 1 is 1.00 bits per heavy atom. The molecule has 7 heteroatoms. The summed E-state index contributed by atoms with van der Waals surface area (Å²) < 4.78 is 31.9. The summed E-state index contributed by atoms with van der Waals surface area (Å²) in [5.41, 5.74) is 2.71. The highest BCUT2D eigenvalue weighted by Crippen LogP contribution is 2.11. The van der Waals surface area contributed by atoms with Gasteiger partial charge in [-0.05, 0) is 44.0 Å². The molecule has 0 unspecified atom stereocenters. The van der Waals surface area contributed by atoms with Crippen molar-refractivity contribution in [3.63, 3.8) is 0 Å². The molecule has 2 rings (SSSR count). The molecule has 0 aromatic heterocycles. The molecule has 0 bridgehead atoms. The van der Waals surface area contributed by atoms with Crippen LogP contribution in [0.1, 0.15) is 30.5 Å². The van der Waals surface area contributed by atoms with Crippen molar-refractivity contribution in [2.45, 2.75) is 39.1 Å². The van der Waals surface area contributed by atoms with Crippen LogP contribution in [0.3, 0.4) is 0 Å². The number of hydrogen-bond donors (Lipinski definition) is 2. The highest BCUT2D eigenvalue weighted by atomic mass is 32.2. The molecule has 0 aliphatic heterocycles.